The van der Waals surface area contributed by atoms with Crippen molar-refractivity contribution in [2.24, 2.45) is 5.10 Å². The van der Waals surface area contributed by atoms with Crippen LogP contribution in [-0.2, 0) is 10.2 Å². The Kier molecular flexibility index (Phi) is 7.37. The molecule has 1 aliphatic carbocycles. The molecule has 1 saturated carbocycles. The van der Waals surface area contributed by atoms with Gasteiger partial charge in [-0.25, -0.2) is 10.2 Å². The maximum Gasteiger partial charge on any atom is 0.335 e. The molecule has 0 radical (unpaired) electrons. The number of nitrogens with zero attached hydrogens (tertiary/aromatic N) is 2. The first-order valence-corrected chi connectivity index (χ1v) is 10.6. The first kappa shape index (κ1) is 22.9. The quantitative estimate of drug-likeness (QED) is 0.429. The number of hydrogen-bond donors (Lipinski definition) is 3. The minimum absolute atomic E-state index is 0.0203. The lowest BCUT2D eigenvalue weighted by molar-refractivity contribution is -0.137. The lowest BCUT2D eigenvalue weighted by Gasteiger charge is -2.42. The first-order chi connectivity index (χ1) is 14.9. The molecule has 1 saturated heterocycles. The van der Waals surface area contributed by atoms with Crippen molar-refractivity contribution < 1.29 is 24.2 Å². The van der Waals surface area contributed by atoms with Crippen LogP contribution in [0.25, 0.3) is 0 Å². The van der Waals surface area contributed by atoms with Gasteiger partial charge in [-0.15, -0.1) is 0 Å². The molecule has 3 rings (SSSR count). The van der Waals surface area contributed by atoms with E-state index < -0.39 is 12.0 Å². The maximum absolute atomic E-state index is 11.9. The molecule has 0 spiro atoms. The summed E-state index contributed by atoms with van der Waals surface area (Å²) < 4.78 is 10.9. The van der Waals surface area contributed by atoms with Crippen LogP contribution in [0.4, 0.5) is 4.79 Å². The van der Waals surface area contributed by atoms with E-state index in [4.69, 9.17) is 14.6 Å². The summed E-state index contributed by atoms with van der Waals surface area (Å²) in [5.74, 6) is 0.592. The minimum Gasteiger partial charge on any atom is -0.493 e. The molecular formula is C22H32N4O5. The van der Waals surface area contributed by atoms with Crippen molar-refractivity contribution in [3.8, 4) is 11.5 Å². The highest BCUT2D eigenvalue weighted by Gasteiger charge is 2.49. The maximum atomic E-state index is 11.9. The fourth-order valence-electron chi connectivity index (χ4n) is 4.80. The topological polar surface area (TPSA) is 112 Å². The molecule has 9 heteroatoms. The summed E-state index contributed by atoms with van der Waals surface area (Å²) in [5.41, 5.74) is 4.80. The normalized spacial score (nSPS) is 24.5. The number of ether oxygens (including phenoxy) is 2. The third kappa shape index (κ3) is 5.10. The number of likely N-dealkylation sites (N-methyl/N-ethyl adjacent to an activating group) is 1. The van der Waals surface area contributed by atoms with Gasteiger partial charge in [0.15, 0.2) is 11.5 Å². The Morgan fingerprint density at radius 2 is 2.03 bits per heavy atom. The Morgan fingerprint density at radius 3 is 2.74 bits per heavy atom. The molecule has 9 nitrogen and oxygen atoms in total. The second-order valence-electron chi connectivity index (χ2n) is 8.22. The second kappa shape index (κ2) is 10.00. The standard InChI is InChI=1S/C22H32N4O5/c1-26-12-10-22(15-6-7-17(30-2)18(13-15)31-3)9-8-16(14-19(22)26)24-25-21(29)23-11-4-5-20(27)28/h6-7,13,19H,4-5,8-12,14H2,1-3H3,(H,27,28)(H2,23,25,29)/b24-16+/t19-,22-/m0/s1. The fourth-order valence-corrected chi connectivity index (χ4v) is 4.80. The van der Waals surface area contributed by atoms with Crippen LogP contribution in [0, 0.1) is 0 Å². The second-order valence-corrected chi connectivity index (χ2v) is 8.22. The average molecular weight is 433 g/mol. The SMILES string of the molecule is COc1ccc([C@@]23CC/C(=N\NC(=O)NCCCC(=O)O)C[C@@H]2N(C)CC3)cc1OC. The zero-order chi connectivity index (χ0) is 22.4. The highest BCUT2D eigenvalue weighted by molar-refractivity contribution is 5.88. The highest BCUT2D eigenvalue weighted by Crippen LogP contribution is 2.49. The highest BCUT2D eigenvalue weighted by atomic mass is 16.5. The number of carbonyl (C=O) groups is 2. The van der Waals surface area contributed by atoms with E-state index in [2.05, 4.69) is 39.9 Å². The zero-order valence-corrected chi connectivity index (χ0v) is 18.4. The van der Waals surface area contributed by atoms with E-state index in [0.29, 0.717) is 19.0 Å². The molecule has 0 aromatic heterocycles. The molecule has 1 aliphatic heterocycles. The lowest BCUT2D eigenvalue weighted by Crippen LogP contribution is -2.46. The summed E-state index contributed by atoms with van der Waals surface area (Å²) in [6, 6.07) is 6.08. The van der Waals surface area contributed by atoms with Crippen LogP contribution >= 0.6 is 0 Å². The summed E-state index contributed by atoms with van der Waals surface area (Å²) in [7, 11) is 5.43. The van der Waals surface area contributed by atoms with Gasteiger partial charge in [0, 0.05) is 36.6 Å². The fraction of sp³-hybridized carbons (Fsp3) is 0.591. The molecule has 1 aromatic rings. The van der Waals surface area contributed by atoms with Gasteiger partial charge in [0.05, 0.1) is 14.2 Å². The van der Waals surface area contributed by atoms with E-state index in [1.165, 1.54) is 5.56 Å². The predicted molar refractivity (Wildman–Crippen MR) is 117 cm³/mol. The summed E-state index contributed by atoms with van der Waals surface area (Å²) in [4.78, 5) is 24.8. The Bertz CT molecular complexity index is 843. The van der Waals surface area contributed by atoms with Crippen LogP contribution in [0.15, 0.2) is 23.3 Å². The van der Waals surface area contributed by atoms with Crippen LogP contribution in [0.5, 0.6) is 11.5 Å². The molecule has 3 N–H and O–H groups in total. The summed E-state index contributed by atoms with van der Waals surface area (Å²) in [5, 5.41) is 15.6. The van der Waals surface area contributed by atoms with E-state index in [-0.39, 0.29) is 11.8 Å². The van der Waals surface area contributed by atoms with Crippen molar-refractivity contribution >= 4 is 17.7 Å². The van der Waals surface area contributed by atoms with Crippen LogP contribution in [-0.4, -0.2) is 68.1 Å². The van der Waals surface area contributed by atoms with Gasteiger partial charge in [-0.2, -0.15) is 5.10 Å². The average Bonchev–Trinajstić information content (AvgIpc) is 3.11. The molecule has 31 heavy (non-hydrogen) atoms. The Balaban J connectivity index is 1.66. The van der Waals surface area contributed by atoms with Crippen molar-refractivity contribution in [3.63, 3.8) is 0 Å². The molecule has 1 heterocycles. The number of benzene rings is 1. The Morgan fingerprint density at radius 1 is 1.26 bits per heavy atom. The number of carboxylic acid groups (broad SMARTS) is 1. The molecule has 2 fully saturated rings. The number of nitrogens with one attached hydrogen (secondary N) is 2. The third-order valence-electron chi connectivity index (χ3n) is 6.50. The van der Waals surface area contributed by atoms with Crippen molar-refractivity contribution in [3.05, 3.63) is 23.8 Å². The molecule has 2 atom stereocenters. The Labute approximate surface area is 182 Å². The van der Waals surface area contributed by atoms with Gasteiger partial charge in [0.2, 0.25) is 0 Å². The molecule has 2 aliphatic rings. The molecule has 170 valence electrons. The zero-order valence-electron chi connectivity index (χ0n) is 18.4. The molecule has 1 aromatic carbocycles. The largest absolute Gasteiger partial charge is 0.493 e. The summed E-state index contributed by atoms with van der Waals surface area (Å²) in [6.45, 7) is 1.31. The monoisotopic (exact) mass is 432 g/mol. The number of amides is 2. The number of aliphatic carboxylic acids is 1. The van der Waals surface area contributed by atoms with Gasteiger partial charge in [0.1, 0.15) is 0 Å². The lowest BCUT2D eigenvalue weighted by atomic mass is 9.65. The number of rotatable bonds is 8. The van der Waals surface area contributed by atoms with Crippen LogP contribution in [0.1, 0.15) is 44.1 Å². The smallest absolute Gasteiger partial charge is 0.335 e. The summed E-state index contributed by atoms with van der Waals surface area (Å²) in [6.07, 6.45) is 4.01. The number of hydrazone groups is 1. The van der Waals surface area contributed by atoms with Gasteiger partial charge in [0.25, 0.3) is 0 Å². The third-order valence-corrected chi connectivity index (χ3v) is 6.50. The molecular weight excluding hydrogens is 400 g/mol. The summed E-state index contributed by atoms with van der Waals surface area (Å²) >= 11 is 0. The minimum atomic E-state index is -0.872. The van der Waals surface area contributed by atoms with Crippen molar-refractivity contribution in [1.82, 2.24) is 15.6 Å². The van der Waals surface area contributed by atoms with Crippen molar-refractivity contribution in [1.29, 1.82) is 0 Å². The van der Waals surface area contributed by atoms with Gasteiger partial charge >= 0.3 is 12.0 Å². The van der Waals surface area contributed by atoms with Gasteiger partial charge in [-0.3, -0.25) is 4.79 Å². The van der Waals surface area contributed by atoms with Crippen molar-refractivity contribution in [2.45, 2.75) is 50.0 Å². The number of carboxylic acids is 1. The van der Waals surface area contributed by atoms with Crippen molar-refractivity contribution in [2.75, 3.05) is 34.4 Å². The molecule has 0 bridgehead atoms. The molecule has 2 amide bonds. The number of urea groups is 1. The van der Waals surface area contributed by atoms with Crippen LogP contribution in [0.3, 0.4) is 0 Å². The Hall–Kier alpha value is -2.81. The van der Waals surface area contributed by atoms with E-state index in [0.717, 1.165) is 49.4 Å². The van der Waals surface area contributed by atoms with Gasteiger partial charge < -0.3 is 24.8 Å². The van der Waals surface area contributed by atoms with E-state index >= 15 is 0 Å². The first-order valence-electron chi connectivity index (χ1n) is 10.6. The van der Waals surface area contributed by atoms with Crippen LogP contribution < -0.4 is 20.2 Å². The number of carbonyl (C=O) groups excluding carboxylic acids is 1. The van der Waals surface area contributed by atoms with E-state index in [1.54, 1.807) is 14.2 Å². The number of likely N-dealkylation sites (tertiary alicyclic amines) is 1. The van der Waals surface area contributed by atoms with E-state index in [9.17, 15) is 9.59 Å². The molecule has 0 unspecified atom stereocenters. The van der Waals surface area contributed by atoms with Crippen LogP contribution in [0.2, 0.25) is 0 Å². The number of hydrogen-bond acceptors (Lipinski definition) is 6. The number of methoxy groups -OCH3 is 2. The van der Waals surface area contributed by atoms with Gasteiger partial charge in [-0.1, -0.05) is 6.07 Å². The predicted octanol–water partition coefficient (Wildman–Crippen LogP) is 2.35. The van der Waals surface area contributed by atoms with E-state index in [1.807, 2.05) is 6.07 Å². The van der Waals surface area contributed by atoms with Gasteiger partial charge in [-0.05, 0) is 57.0 Å². The number of fused-ring (bicyclic) bond motifs is 1.